The average Bonchev–Trinajstić information content (AvgIpc) is 3.18. The molecule has 0 unspecified atom stereocenters. The number of ether oxygens (including phenoxy) is 2. The van der Waals surface area contributed by atoms with E-state index in [0.29, 0.717) is 5.56 Å². The number of esters is 1. The molecule has 1 aromatic rings. The summed E-state index contributed by atoms with van der Waals surface area (Å²) in [4.78, 5) is 24.1. The topological polar surface area (TPSA) is 102 Å². The minimum atomic E-state index is -3.72. The Labute approximate surface area is 171 Å². The van der Waals surface area contributed by atoms with E-state index in [4.69, 9.17) is 9.47 Å². The average molecular weight is 425 g/mol. The highest BCUT2D eigenvalue weighted by molar-refractivity contribution is 7.89. The van der Waals surface area contributed by atoms with E-state index in [2.05, 4.69) is 5.32 Å². The van der Waals surface area contributed by atoms with Gasteiger partial charge in [0.05, 0.1) is 7.11 Å². The first-order chi connectivity index (χ1) is 13.6. The van der Waals surface area contributed by atoms with Gasteiger partial charge in [0.2, 0.25) is 10.0 Å². The van der Waals surface area contributed by atoms with Crippen LogP contribution in [0.1, 0.15) is 38.2 Å². The van der Waals surface area contributed by atoms with Gasteiger partial charge in [-0.3, -0.25) is 4.79 Å². The van der Waals surface area contributed by atoms with Crippen LogP contribution in [0.4, 0.5) is 0 Å². The fourth-order valence-corrected chi connectivity index (χ4v) is 4.10. The predicted molar refractivity (Wildman–Crippen MR) is 109 cm³/mol. The van der Waals surface area contributed by atoms with Crippen LogP contribution in [-0.4, -0.2) is 58.0 Å². The lowest BCUT2D eigenvalue weighted by molar-refractivity contribution is -0.150. The molecule has 0 bridgehead atoms. The van der Waals surface area contributed by atoms with Gasteiger partial charge in [0, 0.05) is 26.2 Å². The molecule has 1 N–H and O–H groups in total. The quantitative estimate of drug-likeness (QED) is 0.506. The highest BCUT2D eigenvalue weighted by Gasteiger charge is 2.23. The van der Waals surface area contributed by atoms with E-state index < -0.39 is 22.1 Å². The molecule has 1 atom stereocenters. The van der Waals surface area contributed by atoms with Crippen molar-refractivity contribution >= 4 is 28.0 Å². The standard InChI is InChI=1S/C20H28N2O6S/c1-14(20(24)21-16-7-5-6-8-16)28-19(23)12-10-15-9-11-17(27-4)18(13-15)29(25,26)22(2)3/h9-14,16H,5-8H2,1-4H3,(H,21,24)/b12-10+/t14-/m0/s1. The number of hydrogen-bond donors (Lipinski definition) is 1. The Morgan fingerprint density at radius 2 is 1.90 bits per heavy atom. The second kappa shape index (κ2) is 9.89. The molecule has 160 valence electrons. The Morgan fingerprint density at radius 1 is 1.24 bits per heavy atom. The van der Waals surface area contributed by atoms with Crippen molar-refractivity contribution in [2.24, 2.45) is 0 Å². The van der Waals surface area contributed by atoms with Gasteiger partial charge in [-0.1, -0.05) is 18.9 Å². The van der Waals surface area contributed by atoms with Gasteiger partial charge in [0.1, 0.15) is 10.6 Å². The number of carbonyl (C=O) groups is 2. The van der Waals surface area contributed by atoms with Crippen molar-refractivity contribution in [2.75, 3.05) is 21.2 Å². The maximum Gasteiger partial charge on any atom is 0.331 e. The van der Waals surface area contributed by atoms with Crippen LogP contribution in [-0.2, 0) is 24.3 Å². The molecule has 1 aliphatic rings. The van der Waals surface area contributed by atoms with Crippen LogP contribution in [0.2, 0.25) is 0 Å². The maximum absolute atomic E-state index is 12.5. The van der Waals surface area contributed by atoms with Crippen molar-refractivity contribution in [1.82, 2.24) is 9.62 Å². The molecule has 1 aromatic carbocycles. The smallest absolute Gasteiger partial charge is 0.331 e. The number of rotatable bonds is 8. The summed E-state index contributed by atoms with van der Waals surface area (Å²) in [6.07, 6.45) is 5.76. The van der Waals surface area contributed by atoms with Crippen molar-refractivity contribution in [3.05, 3.63) is 29.8 Å². The fourth-order valence-electron chi connectivity index (χ4n) is 3.02. The molecule has 0 aliphatic heterocycles. The van der Waals surface area contributed by atoms with Gasteiger partial charge in [0.25, 0.3) is 5.91 Å². The van der Waals surface area contributed by atoms with E-state index in [9.17, 15) is 18.0 Å². The number of nitrogens with one attached hydrogen (secondary N) is 1. The van der Waals surface area contributed by atoms with Crippen LogP contribution in [0.15, 0.2) is 29.2 Å². The third kappa shape index (κ3) is 6.04. The number of carbonyl (C=O) groups excluding carboxylic acids is 2. The molecule has 2 rings (SSSR count). The monoisotopic (exact) mass is 424 g/mol. The lowest BCUT2D eigenvalue weighted by Crippen LogP contribution is -2.40. The predicted octanol–water partition coefficient (Wildman–Crippen LogP) is 1.95. The van der Waals surface area contributed by atoms with E-state index in [1.807, 2.05) is 0 Å². The minimum Gasteiger partial charge on any atom is -0.495 e. The van der Waals surface area contributed by atoms with Gasteiger partial charge in [-0.05, 0) is 43.5 Å². The summed E-state index contributed by atoms with van der Waals surface area (Å²) in [5, 5.41) is 2.88. The largest absolute Gasteiger partial charge is 0.495 e. The Hall–Kier alpha value is -2.39. The van der Waals surface area contributed by atoms with Crippen molar-refractivity contribution < 1.29 is 27.5 Å². The maximum atomic E-state index is 12.5. The molecule has 0 radical (unpaired) electrons. The molecule has 0 aromatic heterocycles. The second-order valence-electron chi connectivity index (χ2n) is 7.10. The molecule has 0 heterocycles. The van der Waals surface area contributed by atoms with Gasteiger partial charge in [0.15, 0.2) is 6.10 Å². The number of methoxy groups -OCH3 is 1. The van der Waals surface area contributed by atoms with Gasteiger partial charge < -0.3 is 14.8 Å². The lowest BCUT2D eigenvalue weighted by atomic mass is 10.2. The first-order valence-corrected chi connectivity index (χ1v) is 10.9. The van der Waals surface area contributed by atoms with Crippen LogP contribution >= 0.6 is 0 Å². The lowest BCUT2D eigenvalue weighted by Gasteiger charge is -2.16. The van der Waals surface area contributed by atoms with Crippen LogP contribution in [0.5, 0.6) is 5.75 Å². The summed E-state index contributed by atoms with van der Waals surface area (Å²) in [5.74, 6) is -0.801. The third-order valence-corrected chi connectivity index (χ3v) is 6.56. The molecular weight excluding hydrogens is 396 g/mol. The molecule has 9 heteroatoms. The number of benzene rings is 1. The van der Waals surface area contributed by atoms with E-state index in [1.54, 1.807) is 6.07 Å². The van der Waals surface area contributed by atoms with Gasteiger partial charge in [-0.15, -0.1) is 0 Å². The summed E-state index contributed by atoms with van der Waals surface area (Å²) in [6, 6.07) is 4.69. The zero-order chi connectivity index (χ0) is 21.6. The fraction of sp³-hybridized carbons (Fsp3) is 0.500. The summed E-state index contributed by atoms with van der Waals surface area (Å²) >= 11 is 0. The summed E-state index contributed by atoms with van der Waals surface area (Å²) in [7, 11) is 0.513. The van der Waals surface area contributed by atoms with E-state index in [1.165, 1.54) is 46.3 Å². The molecule has 8 nitrogen and oxygen atoms in total. The van der Waals surface area contributed by atoms with Crippen molar-refractivity contribution in [3.8, 4) is 5.75 Å². The molecule has 29 heavy (non-hydrogen) atoms. The molecule has 0 saturated heterocycles. The Morgan fingerprint density at radius 3 is 2.48 bits per heavy atom. The minimum absolute atomic E-state index is 0.00942. The number of nitrogens with zero attached hydrogens (tertiary/aromatic N) is 1. The van der Waals surface area contributed by atoms with Crippen LogP contribution in [0, 0.1) is 0 Å². The Bertz CT molecular complexity index is 873. The van der Waals surface area contributed by atoms with E-state index in [-0.39, 0.29) is 22.6 Å². The summed E-state index contributed by atoms with van der Waals surface area (Å²) < 4.78 is 36.2. The third-order valence-electron chi connectivity index (χ3n) is 4.72. The summed E-state index contributed by atoms with van der Waals surface area (Å²) in [6.45, 7) is 1.52. The van der Waals surface area contributed by atoms with Gasteiger partial charge >= 0.3 is 5.97 Å². The van der Waals surface area contributed by atoms with Crippen LogP contribution in [0.25, 0.3) is 6.08 Å². The molecule has 1 amide bonds. The first kappa shape index (κ1) is 22.9. The van der Waals surface area contributed by atoms with E-state index in [0.717, 1.165) is 36.1 Å². The molecular formula is C20H28N2O6S. The van der Waals surface area contributed by atoms with Crippen molar-refractivity contribution in [1.29, 1.82) is 0 Å². The molecule has 1 fully saturated rings. The molecule has 1 aliphatic carbocycles. The number of amides is 1. The zero-order valence-electron chi connectivity index (χ0n) is 17.2. The van der Waals surface area contributed by atoms with Crippen molar-refractivity contribution in [2.45, 2.75) is 49.6 Å². The first-order valence-electron chi connectivity index (χ1n) is 9.44. The Balaban J connectivity index is 2.04. The van der Waals surface area contributed by atoms with Crippen LogP contribution in [0.3, 0.4) is 0 Å². The van der Waals surface area contributed by atoms with Crippen molar-refractivity contribution in [3.63, 3.8) is 0 Å². The van der Waals surface area contributed by atoms with E-state index >= 15 is 0 Å². The zero-order valence-corrected chi connectivity index (χ0v) is 18.0. The summed E-state index contributed by atoms with van der Waals surface area (Å²) in [5.41, 5.74) is 0.478. The van der Waals surface area contributed by atoms with Gasteiger partial charge in [-0.25, -0.2) is 17.5 Å². The number of hydrogen-bond acceptors (Lipinski definition) is 6. The van der Waals surface area contributed by atoms with Gasteiger partial charge in [-0.2, -0.15) is 0 Å². The second-order valence-corrected chi connectivity index (χ2v) is 9.22. The highest BCUT2D eigenvalue weighted by atomic mass is 32.2. The molecule has 1 saturated carbocycles. The van der Waals surface area contributed by atoms with Crippen LogP contribution < -0.4 is 10.1 Å². The highest BCUT2D eigenvalue weighted by Crippen LogP contribution is 2.27. The number of sulfonamides is 1. The Kier molecular flexibility index (Phi) is 7.80. The molecule has 0 spiro atoms. The SMILES string of the molecule is COc1ccc(/C=C/C(=O)O[C@@H](C)C(=O)NC2CCCC2)cc1S(=O)(=O)N(C)C. The normalized spacial score (nSPS) is 16.2.